The number of rotatable bonds is 7. The van der Waals surface area contributed by atoms with Gasteiger partial charge in [0.05, 0.1) is 18.0 Å². The molecule has 0 atom stereocenters. The summed E-state index contributed by atoms with van der Waals surface area (Å²) in [6.07, 6.45) is 2.03. The molecule has 0 aliphatic carbocycles. The Morgan fingerprint density at radius 1 is 1.44 bits per heavy atom. The maximum atomic E-state index is 12.0. The molecule has 0 saturated carbocycles. The average Bonchev–Trinajstić information content (AvgIpc) is 3.00. The van der Waals surface area contributed by atoms with Crippen LogP contribution in [0.5, 0.6) is 5.75 Å². The molecule has 0 aliphatic rings. The van der Waals surface area contributed by atoms with Gasteiger partial charge in [0.2, 0.25) is 0 Å². The van der Waals surface area contributed by atoms with Crippen LogP contribution in [0.2, 0.25) is 5.02 Å². The van der Waals surface area contributed by atoms with Gasteiger partial charge in [-0.05, 0) is 24.1 Å². The molecule has 5 nitrogen and oxygen atoms in total. The van der Waals surface area contributed by atoms with Crippen LogP contribution in [0.25, 0.3) is 0 Å². The molecule has 134 valence electrons. The lowest BCUT2D eigenvalue weighted by Crippen LogP contribution is -2.10. The average molecular weight is 380 g/mol. The molecule has 7 heteroatoms. The van der Waals surface area contributed by atoms with E-state index in [1.807, 2.05) is 18.2 Å². The molecule has 1 aromatic heterocycles. The first-order chi connectivity index (χ1) is 11.8. The van der Waals surface area contributed by atoms with Crippen molar-refractivity contribution in [2.24, 2.45) is 10.9 Å². The maximum Gasteiger partial charge on any atom is 0.297 e. The predicted molar refractivity (Wildman–Crippen MR) is 103 cm³/mol. The minimum Gasteiger partial charge on any atom is -0.493 e. The topological polar surface area (TPSA) is 54.8 Å². The van der Waals surface area contributed by atoms with Gasteiger partial charge in [-0.2, -0.15) is 4.99 Å². The fourth-order valence-corrected chi connectivity index (χ4v) is 2.96. The number of ether oxygens (including phenoxy) is 1. The van der Waals surface area contributed by atoms with Crippen molar-refractivity contribution in [3.05, 3.63) is 44.9 Å². The summed E-state index contributed by atoms with van der Waals surface area (Å²) in [5, 5.41) is 3.19. The van der Waals surface area contributed by atoms with Crippen molar-refractivity contribution in [3.63, 3.8) is 0 Å². The van der Waals surface area contributed by atoms with E-state index >= 15 is 0 Å². The van der Waals surface area contributed by atoms with Crippen molar-refractivity contribution >= 4 is 35.2 Å². The molecular formula is C18H22ClN3O2S. The van der Waals surface area contributed by atoms with Crippen molar-refractivity contribution in [3.8, 4) is 5.75 Å². The molecule has 0 N–H and O–H groups in total. The van der Waals surface area contributed by atoms with Gasteiger partial charge in [-0.3, -0.25) is 4.79 Å². The number of nitrogens with zero attached hydrogens (tertiary/aromatic N) is 3. The van der Waals surface area contributed by atoms with E-state index in [4.69, 9.17) is 16.3 Å². The molecule has 2 rings (SSSR count). The second-order valence-corrected chi connectivity index (χ2v) is 7.65. The van der Waals surface area contributed by atoms with Crippen molar-refractivity contribution in [1.82, 2.24) is 9.88 Å². The van der Waals surface area contributed by atoms with Gasteiger partial charge < -0.3 is 9.64 Å². The number of thiazole rings is 1. The quantitative estimate of drug-likeness (QED) is 0.535. The Morgan fingerprint density at radius 2 is 2.20 bits per heavy atom. The summed E-state index contributed by atoms with van der Waals surface area (Å²) in [5.74, 6) is 0.882. The van der Waals surface area contributed by atoms with Crippen LogP contribution in [0.4, 0.5) is 0 Å². The zero-order valence-corrected chi connectivity index (χ0v) is 16.4. The first-order valence-electron chi connectivity index (χ1n) is 7.95. The van der Waals surface area contributed by atoms with E-state index in [1.165, 1.54) is 17.7 Å². The van der Waals surface area contributed by atoms with Gasteiger partial charge in [0.1, 0.15) is 11.4 Å². The highest BCUT2D eigenvalue weighted by Gasteiger charge is 2.13. The Bertz CT molecular complexity index is 757. The lowest BCUT2D eigenvalue weighted by molar-refractivity contribution is 0.0998. The minimum absolute atomic E-state index is 0.349. The van der Waals surface area contributed by atoms with Crippen LogP contribution in [-0.2, 0) is 6.42 Å². The molecule has 0 bridgehead atoms. The van der Waals surface area contributed by atoms with Gasteiger partial charge in [0, 0.05) is 36.5 Å². The molecule has 1 amide bonds. The van der Waals surface area contributed by atoms with Gasteiger partial charge in [-0.15, -0.1) is 11.3 Å². The first-order valence-corrected chi connectivity index (χ1v) is 9.21. The fraction of sp³-hybridized carbons (Fsp3) is 0.389. The van der Waals surface area contributed by atoms with Crippen LogP contribution in [0.15, 0.2) is 28.6 Å². The maximum absolute atomic E-state index is 12.0. The van der Waals surface area contributed by atoms with Crippen LogP contribution in [0, 0.1) is 5.92 Å². The minimum atomic E-state index is -0.349. The second-order valence-electron chi connectivity index (χ2n) is 6.27. The van der Waals surface area contributed by atoms with Gasteiger partial charge in [-0.1, -0.05) is 25.4 Å². The number of carbonyl (C=O) groups excluding carboxylic acids is 1. The van der Waals surface area contributed by atoms with Crippen LogP contribution >= 0.6 is 22.9 Å². The molecule has 25 heavy (non-hydrogen) atoms. The highest BCUT2D eigenvalue weighted by Crippen LogP contribution is 2.27. The van der Waals surface area contributed by atoms with Crippen molar-refractivity contribution in [2.45, 2.75) is 20.3 Å². The van der Waals surface area contributed by atoms with Crippen molar-refractivity contribution < 1.29 is 9.53 Å². The highest BCUT2D eigenvalue weighted by atomic mass is 35.5. The third-order valence-corrected chi connectivity index (χ3v) is 4.20. The Hall–Kier alpha value is -1.92. The number of benzene rings is 1. The lowest BCUT2D eigenvalue weighted by Gasteiger charge is -2.13. The van der Waals surface area contributed by atoms with Gasteiger partial charge in [0.25, 0.3) is 5.91 Å². The van der Waals surface area contributed by atoms with Crippen LogP contribution < -0.4 is 4.74 Å². The molecule has 0 spiro atoms. The number of carbonyl (C=O) groups is 1. The molecule has 0 saturated heterocycles. The van der Waals surface area contributed by atoms with Crippen LogP contribution in [0.1, 0.15) is 34.9 Å². The highest BCUT2D eigenvalue weighted by molar-refractivity contribution is 7.09. The number of amides is 1. The third-order valence-electron chi connectivity index (χ3n) is 3.11. The van der Waals surface area contributed by atoms with E-state index in [2.05, 4.69) is 23.8 Å². The molecule has 1 aromatic carbocycles. The summed E-state index contributed by atoms with van der Waals surface area (Å²) >= 11 is 7.55. The summed E-state index contributed by atoms with van der Waals surface area (Å²) in [7, 11) is 3.61. The Balaban J connectivity index is 2.14. The monoisotopic (exact) mass is 379 g/mol. The normalized spacial score (nSPS) is 11.3. The molecule has 2 aromatic rings. The van der Waals surface area contributed by atoms with E-state index in [-0.39, 0.29) is 5.91 Å². The molecule has 0 fully saturated rings. The summed E-state index contributed by atoms with van der Waals surface area (Å²) in [6.45, 7) is 4.83. The summed E-state index contributed by atoms with van der Waals surface area (Å²) < 4.78 is 5.87. The smallest absolute Gasteiger partial charge is 0.297 e. The number of hydrogen-bond acceptors (Lipinski definition) is 4. The SMILES string of the molecule is CC(C)COc1ccc(Cl)cc1Cc1nc(C(=O)/N=C/N(C)C)cs1. The number of halogens is 1. The van der Waals surface area contributed by atoms with E-state index in [0.29, 0.717) is 29.7 Å². The zero-order valence-electron chi connectivity index (χ0n) is 14.8. The van der Waals surface area contributed by atoms with Crippen molar-refractivity contribution in [2.75, 3.05) is 20.7 Å². The van der Waals surface area contributed by atoms with Gasteiger partial charge in [0.15, 0.2) is 0 Å². The number of aromatic nitrogens is 1. The number of hydrogen-bond donors (Lipinski definition) is 0. The summed E-state index contributed by atoms with van der Waals surface area (Å²) in [6, 6.07) is 5.57. The molecule has 0 aliphatic heterocycles. The molecule has 1 heterocycles. The fourth-order valence-electron chi connectivity index (χ4n) is 1.97. The molecular weight excluding hydrogens is 358 g/mol. The summed E-state index contributed by atoms with van der Waals surface area (Å²) in [5.41, 5.74) is 1.31. The van der Waals surface area contributed by atoms with Crippen LogP contribution in [-0.4, -0.2) is 42.8 Å². The third kappa shape index (κ3) is 6.14. The zero-order chi connectivity index (χ0) is 18.4. The van der Waals surface area contributed by atoms with E-state index in [0.717, 1.165) is 16.3 Å². The Kier molecular flexibility index (Phi) is 6.96. The second kappa shape index (κ2) is 8.97. The molecule has 0 radical (unpaired) electrons. The van der Waals surface area contributed by atoms with Gasteiger partial charge >= 0.3 is 0 Å². The van der Waals surface area contributed by atoms with Gasteiger partial charge in [-0.25, -0.2) is 4.98 Å². The van der Waals surface area contributed by atoms with E-state index in [9.17, 15) is 4.79 Å². The molecule has 0 unspecified atom stereocenters. The Labute approximate surface area is 157 Å². The van der Waals surface area contributed by atoms with Crippen molar-refractivity contribution in [1.29, 1.82) is 0 Å². The van der Waals surface area contributed by atoms with E-state index in [1.54, 1.807) is 24.4 Å². The summed E-state index contributed by atoms with van der Waals surface area (Å²) in [4.78, 5) is 21.9. The largest absolute Gasteiger partial charge is 0.493 e. The van der Waals surface area contributed by atoms with E-state index < -0.39 is 0 Å². The standard InChI is InChI=1S/C18H22ClN3O2S/c1-12(2)9-24-16-6-5-14(19)7-13(16)8-17-21-15(10-25-17)18(23)20-11-22(3)4/h5-7,10-12H,8-9H2,1-4H3/b20-11+. The number of aliphatic imine (C=N–C) groups is 1. The Morgan fingerprint density at radius 3 is 2.88 bits per heavy atom. The first kappa shape index (κ1) is 19.4. The lowest BCUT2D eigenvalue weighted by atomic mass is 10.1. The predicted octanol–water partition coefficient (Wildman–Crippen LogP) is 4.15. The van der Waals surface area contributed by atoms with Crippen LogP contribution in [0.3, 0.4) is 0 Å².